The van der Waals surface area contributed by atoms with E-state index in [1.54, 1.807) is 25.1 Å². The van der Waals surface area contributed by atoms with E-state index in [0.717, 1.165) is 0 Å². The molecule has 19 heavy (non-hydrogen) atoms. The fourth-order valence-electron chi connectivity index (χ4n) is 2.22. The third-order valence-corrected chi connectivity index (χ3v) is 5.09. The molecule has 104 valence electrons. The normalized spacial score (nSPS) is 30.9. The highest BCUT2D eigenvalue weighted by atomic mass is 32.2. The summed E-state index contributed by atoms with van der Waals surface area (Å²) in [6.45, 7) is 1.79. The predicted octanol–water partition coefficient (Wildman–Crippen LogP) is 1.15. The van der Waals surface area contributed by atoms with E-state index in [9.17, 15) is 13.4 Å². The number of carbonyl (C=O) groups excluding carboxylic acids is 1. The molecule has 1 aromatic rings. The summed E-state index contributed by atoms with van der Waals surface area (Å²) in [5.74, 6) is -0.644. The van der Waals surface area contributed by atoms with Crippen molar-refractivity contribution in [3.8, 4) is 0 Å². The summed E-state index contributed by atoms with van der Waals surface area (Å²) in [5, 5.41) is 2.77. The van der Waals surface area contributed by atoms with E-state index in [1.165, 1.54) is 13.2 Å². The molecular weight excluding hydrogens is 269 g/mol. The molecule has 1 aliphatic rings. The monoisotopic (exact) mass is 285 g/mol. The van der Waals surface area contributed by atoms with Crippen LogP contribution < -0.4 is 5.32 Å². The van der Waals surface area contributed by atoms with Gasteiger partial charge in [0.1, 0.15) is 11.9 Å². The number of ether oxygens (including phenoxy) is 1. The van der Waals surface area contributed by atoms with Crippen molar-refractivity contribution in [3.63, 3.8) is 0 Å². The fourth-order valence-corrected chi connectivity index (χ4v) is 3.61. The van der Waals surface area contributed by atoms with Crippen LogP contribution in [-0.2, 0) is 20.3 Å². The van der Waals surface area contributed by atoms with Crippen LogP contribution in [0.3, 0.4) is 0 Å². The van der Waals surface area contributed by atoms with Gasteiger partial charge in [-0.1, -0.05) is 18.2 Å². The zero-order valence-electron chi connectivity index (χ0n) is 10.8. The average molecular weight is 285 g/mol. The van der Waals surface area contributed by atoms with Gasteiger partial charge >= 0.3 is 5.97 Å². The van der Waals surface area contributed by atoms with Crippen LogP contribution in [0.15, 0.2) is 24.3 Å². The quantitative estimate of drug-likeness (QED) is 0.828. The first kappa shape index (κ1) is 14.1. The van der Waals surface area contributed by atoms with Gasteiger partial charge < -0.3 is 4.74 Å². The Bertz CT molecular complexity index is 508. The Kier molecular flexibility index (Phi) is 4.31. The second-order valence-corrected chi connectivity index (χ2v) is 6.33. The standard InChI is InChI=1S/C13H16FNO3S/c1-8-12(9-5-3-4-6-10(9)14)15-11(7-19(8)17)13(16)18-2/h3-6,8,11-12,15H,7H2,1-2H3. The Balaban J connectivity index is 2.30. The van der Waals surface area contributed by atoms with Gasteiger partial charge in [-0.25, -0.2) is 4.39 Å². The number of halogens is 1. The molecule has 0 saturated carbocycles. The van der Waals surface area contributed by atoms with Gasteiger partial charge in [0.05, 0.1) is 18.1 Å². The molecule has 0 spiro atoms. The SMILES string of the molecule is COC(=O)C1CS(=O)C(C)C(c2ccccc2F)N1. The Morgan fingerprint density at radius 2 is 2.16 bits per heavy atom. The largest absolute Gasteiger partial charge is 0.468 e. The van der Waals surface area contributed by atoms with Gasteiger partial charge in [-0.2, -0.15) is 0 Å². The summed E-state index contributed by atoms with van der Waals surface area (Å²) in [4.78, 5) is 11.6. The van der Waals surface area contributed by atoms with Crippen LogP contribution in [0.1, 0.15) is 18.5 Å². The van der Waals surface area contributed by atoms with E-state index in [-0.39, 0.29) is 16.8 Å². The van der Waals surface area contributed by atoms with Crippen molar-refractivity contribution in [1.29, 1.82) is 0 Å². The van der Waals surface area contributed by atoms with Crippen molar-refractivity contribution in [2.45, 2.75) is 24.3 Å². The maximum Gasteiger partial charge on any atom is 0.323 e. The van der Waals surface area contributed by atoms with E-state index >= 15 is 0 Å². The van der Waals surface area contributed by atoms with Crippen LogP contribution >= 0.6 is 0 Å². The summed E-state index contributed by atoms with van der Waals surface area (Å²) in [5.41, 5.74) is 0.428. The van der Waals surface area contributed by atoms with E-state index in [1.807, 2.05) is 0 Å². The molecule has 1 N–H and O–H groups in total. The topological polar surface area (TPSA) is 55.4 Å². The summed E-state index contributed by atoms with van der Waals surface area (Å²) < 4.78 is 30.5. The van der Waals surface area contributed by atoms with Crippen molar-refractivity contribution in [2.24, 2.45) is 0 Å². The first-order chi connectivity index (χ1) is 9.04. The average Bonchev–Trinajstić information content (AvgIpc) is 2.41. The van der Waals surface area contributed by atoms with E-state index in [2.05, 4.69) is 10.1 Å². The van der Waals surface area contributed by atoms with Gasteiger partial charge in [-0.05, 0) is 13.0 Å². The van der Waals surface area contributed by atoms with Gasteiger partial charge in [0.2, 0.25) is 0 Å². The third-order valence-electron chi connectivity index (χ3n) is 3.32. The molecule has 1 saturated heterocycles. The number of methoxy groups -OCH3 is 1. The lowest BCUT2D eigenvalue weighted by molar-refractivity contribution is -0.142. The lowest BCUT2D eigenvalue weighted by Gasteiger charge is -2.34. The van der Waals surface area contributed by atoms with Gasteiger partial charge in [0.25, 0.3) is 0 Å². The van der Waals surface area contributed by atoms with Crippen LogP contribution in [0.5, 0.6) is 0 Å². The molecular formula is C13H16FNO3S. The highest BCUT2D eigenvalue weighted by Gasteiger charge is 2.37. The van der Waals surface area contributed by atoms with Crippen molar-refractivity contribution >= 4 is 16.8 Å². The molecule has 1 aromatic carbocycles. The molecule has 0 amide bonds. The summed E-state index contributed by atoms with van der Waals surface area (Å²) in [7, 11) is 0.0748. The van der Waals surface area contributed by atoms with Crippen molar-refractivity contribution in [1.82, 2.24) is 5.32 Å². The number of carbonyl (C=O) groups is 1. The van der Waals surface area contributed by atoms with Crippen LogP contribution in [0, 0.1) is 5.82 Å². The molecule has 1 heterocycles. The molecule has 4 nitrogen and oxygen atoms in total. The lowest BCUT2D eigenvalue weighted by atomic mass is 10.0. The number of rotatable bonds is 2. The molecule has 0 aromatic heterocycles. The van der Waals surface area contributed by atoms with Crippen LogP contribution in [0.25, 0.3) is 0 Å². The lowest BCUT2D eigenvalue weighted by Crippen LogP contribution is -2.53. The van der Waals surface area contributed by atoms with Gasteiger partial charge in [0, 0.05) is 22.4 Å². The van der Waals surface area contributed by atoms with Crippen molar-refractivity contribution in [2.75, 3.05) is 12.9 Å². The Labute approximate surface area is 113 Å². The van der Waals surface area contributed by atoms with Crippen LogP contribution in [0.4, 0.5) is 4.39 Å². The van der Waals surface area contributed by atoms with E-state index in [0.29, 0.717) is 5.56 Å². The van der Waals surface area contributed by atoms with Gasteiger partial charge in [-0.15, -0.1) is 0 Å². The van der Waals surface area contributed by atoms with E-state index in [4.69, 9.17) is 0 Å². The maximum atomic E-state index is 13.8. The second-order valence-electron chi connectivity index (χ2n) is 4.49. The van der Waals surface area contributed by atoms with Gasteiger partial charge in [-0.3, -0.25) is 14.3 Å². The third kappa shape index (κ3) is 2.84. The molecule has 0 bridgehead atoms. The summed E-state index contributed by atoms with van der Waals surface area (Å²) in [6.07, 6.45) is 0. The maximum absolute atomic E-state index is 13.8. The Morgan fingerprint density at radius 3 is 2.79 bits per heavy atom. The zero-order valence-corrected chi connectivity index (χ0v) is 11.6. The molecule has 4 unspecified atom stereocenters. The first-order valence-electron chi connectivity index (χ1n) is 6.00. The number of benzene rings is 1. The minimum atomic E-state index is -1.21. The molecule has 0 aliphatic carbocycles. The molecule has 6 heteroatoms. The second kappa shape index (κ2) is 5.79. The minimum absolute atomic E-state index is 0.193. The Morgan fingerprint density at radius 1 is 1.47 bits per heavy atom. The van der Waals surface area contributed by atoms with Crippen LogP contribution in [0.2, 0.25) is 0 Å². The Hall–Kier alpha value is -1.27. The molecule has 2 rings (SSSR count). The fraction of sp³-hybridized carbons (Fsp3) is 0.462. The molecule has 4 atom stereocenters. The van der Waals surface area contributed by atoms with Crippen LogP contribution in [-0.4, -0.2) is 34.3 Å². The summed E-state index contributed by atoms with van der Waals surface area (Å²) in [6, 6.07) is 5.19. The zero-order chi connectivity index (χ0) is 14.0. The number of hydrogen-bond acceptors (Lipinski definition) is 4. The van der Waals surface area contributed by atoms with Gasteiger partial charge in [0.15, 0.2) is 0 Å². The smallest absolute Gasteiger partial charge is 0.323 e. The molecule has 1 aliphatic heterocycles. The minimum Gasteiger partial charge on any atom is -0.468 e. The first-order valence-corrected chi connectivity index (χ1v) is 7.38. The molecule has 0 radical (unpaired) electrons. The number of hydrogen-bond donors (Lipinski definition) is 1. The highest BCUT2D eigenvalue weighted by Crippen LogP contribution is 2.27. The van der Waals surface area contributed by atoms with Crippen molar-refractivity contribution < 1.29 is 18.1 Å². The number of esters is 1. The molecule has 1 fully saturated rings. The van der Waals surface area contributed by atoms with Crippen molar-refractivity contribution in [3.05, 3.63) is 35.6 Å². The highest BCUT2D eigenvalue weighted by molar-refractivity contribution is 7.85. The number of nitrogens with one attached hydrogen (secondary N) is 1. The van der Waals surface area contributed by atoms with E-state index < -0.39 is 28.9 Å². The summed E-state index contributed by atoms with van der Waals surface area (Å²) >= 11 is 0. The predicted molar refractivity (Wildman–Crippen MR) is 70.6 cm³/mol.